The van der Waals surface area contributed by atoms with Gasteiger partial charge in [0.05, 0.1) is 23.5 Å². The van der Waals surface area contributed by atoms with Crippen LogP contribution < -0.4 is 15.8 Å². The number of benzene rings is 2. The number of nitrogen functional groups attached to an aromatic ring is 1. The molecule has 0 saturated heterocycles. The van der Waals surface area contributed by atoms with Gasteiger partial charge in [-0.2, -0.15) is 0 Å². The van der Waals surface area contributed by atoms with Gasteiger partial charge >= 0.3 is 0 Å². The molecule has 2 rings (SSSR count). The molecule has 0 bridgehead atoms. The van der Waals surface area contributed by atoms with E-state index in [9.17, 15) is 4.79 Å². The largest absolute Gasteiger partial charge is 0.495 e. The van der Waals surface area contributed by atoms with Gasteiger partial charge in [-0.3, -0.25) is 4.79 Å². The fraction of sp³-hybridized carbons (Fsp3) is 0.188. The highest BCUT2D eigenvalue weighted by molar-refractivity contribution is 6.34. The number of aryl methyl sites for hydroxylation is 2. The Balaban J connectivity index is 2.28. The molecule has 0 heterocycles. The lowest BCUT2D eigenvalue weighted by atomic mass is 10.1. The number of nitrogens with two attached hydrogens (primary N) is 1. The molecule has 0 unspecified atom stereocenters. The molecule has 21 heavy (non-hydrogen) atoms. The number of hydrogen-bond donors (Lipinski definition) is 2. The first-order chi connectivity index (χ1) is 9.92. The Hall–Kier alpha value is -2.20. The van der Waals surface area contributed by atoms with Crippen LogP contribution in [0.3, 0.4) is 0 Å². The summed E-state index contributed by atoms with van der Waals surface area (Å²) in [6.45, 7) is 3.85. The van der Waals surface area contributed by atoms with Crippen LogP contribution in [0, 0.1) is 13.8 Å². The average molecular weight is 305 g/mol. The lowest BCUT2D eigenvalue weighted by Crippen LogP contribution is -2.13. The molecule has 0 radical (unpaired) electrons. The van der Waals surface area contributed by atoms with Crippen LogP contribution in [-0.4, -0.2) is 13.0 Å². The van der Waals surface area contributed by atoms with E-state index in [1.54, 1.807) is 18.2 Å². The van der Waals surface area contributed by atoms with E-state index in [1.807, 2.05) is 26.0 Å². The van der Waals surface area contributed by atoms with Gasteiger partial charge in [0.1, 0.15) is 5.75 Å². The van der Waals surface area contributed by atoms with Gasteiger partial charge in [0.25, 0.3) is 5.91 Å². The first kappa shape index (κ1) is 15.2. The van der Waals surface area contributed by atoms with Crippen molar-refractivity contribution in [1.29, 1.82) is 0 Å². The molecule has 0 aliphatic carbocycles. The number of ether oxygens (including phenoxy) is 1. The minimum absolute atomic E-state index is 0.266. The third-order valence-electron chi connectivity index (χ3n) is 3.16. The monoisotopic (exact) mass is 304 g/mol. The van der Waals surface area contributed by atoms with Crippen LogP contribution in [0.25, 0.3) is 0 Å². The van der Waals surface area contributed by atoms with Crippen LogP contribution in [0.2, 0.25) is 5.02 Å². The first-order valence-electron chi connectivity index (χ1n) is 6.44. The van der Waals surface area contributed by atoms with E-state index in [1.165, 1.54) is 7.11 Å². The SMILES string of the molecule is COc1ccc(C(=O)Nc2c(C)cc(C)cc2Cl)cc1N. The van der Waals surface area contributed by atoms with Crippen LogP contribution in [0.1, 0.15) is 21.5 Å². The molecule has 2 aromatic carbocycles. The van der Waals surface area contributed by atoms with Crippen LogP contribution >= 0.6 is 11.6 Å². The van der Waals surface area contributed by atoms with E-state index < -0.39 is 0 Å². The topological polar surface area (TPSA) is 64.3 Å². The number of carbonyl (C=O) groups excluding carboxylic acids is 1. The predicted molar refractivity (Wildman–Crippen MR) is 86.3 cm³/mol. The van der Waals surface area contributed by atoms with Gasteiger partial charge < -0.3 is 15.8 Å². The quantitative estimate of drug-likeness (QED) is 0.848. The third kappa shape index (κ3) is 3.28. The van der Waals surface area contributed by atoms with E-state index in [0.717, 1.165) is 11.1 Å². The van der Waals surface area contributed by atoms with Crippen LogP contribution in [0.15, 0.2) is 30.3 Å². The normalized spacial score (nSPS) is 10.3. The second-order valence-electron chi connectivity index (χ2n) is 4.85. The standard InChI is InChI=1S/C16H17ClN2O2/c1-9-6-10(2)15(12(17)7-9)19-16(20)11-4-5-14(21-3)13(18)8-11/h4-8H,18H2,1-3H3,(H,19,20). The van der Waals surface area contributed by atoms with Crippen molar-refractivity contribution >= 4 is 28.9 Å². The van der Waals surface area contributed by atoms with E-state index in [4.69, 9.17) is 22.1 Å². The third-order valence-corrected chi connectivity index (χ3v) is 3.46. The lowest BCUT2D eigenvalue weighted by molar-refractivity contribution is 0.102. The molecule has 0 spiro atoms. The van der Waals surface area contributed by atoms with Crippen LogP contribution in [0.5, 0.6) is 5.75 Å². The van der Waals surface area contributed by atoms with Gasteiger partial charge in [0.2, 0.25) is 0 Å². The number of halogens is 1. The van der Waals surface area contributed by atoms with Crippen molar-refractivity contribution < 1.29 is 9.53 Å². The molecule has 110 valence electrons. The Kier molecular flexibility index (Phi) is 4.38. The van der Waals surface area contributed by atoms with Gasteiger partial charge in [-0.05, 0) is 49.2 Å². The molecule has 4 nitrogen and oxygen atoms in total. The molecule has 1 amide bonds. The Morgan fingerprint density at radius 2 is 1.95 bits per heavy atom. The molecule has 5 heteroatoms. The molecule has 0 fully saturated rings. The fourth-order valence-corrected chi connectivity index (χ4v) is 2.50. The maximum absolute atomic E-state index is 12.3. The number of anilines is 2. The second kappa shape index (κ2) is 6.06. The maximum atomic E-state index is 12.3. The lowest BCUT2D eigenvalue weighted by Gasteiger charge is -2.12. The number of methoxy groups -OCH3 is 1. The number of amides is 1. The van der Waals surface area contributed by atoms with E-state index in [-0.39, 0.29) is 5.91 Å². The molecule has 0 aliphatic rings. The summed E-state index contributed by atoms with van der Waals surface area (Å²) in [7, 11) is 1.53. The fourth-order valence-electron chi connectivity index (χ4n) is 2.14. The van der Waals surface area contributed by atoms with Crippen molar-refractivity contribution in [3.05, 3.63) is 52.0 Å². The summed E-state index contributed by atoms with van der Waals surface area (Å²) in [5, 5.41) is 3.34. The molecule has 0 aromatic heterocycles. The summed E-state index contributed by atoms with van der Waals surface area (Å²) in [6, 6.07) is 8.66. The van der Waals surface area contributed by atoms with E-state index in [0.29, 0.717) is 27.7 Å². The minimum atomic E-state index is -0.266. The Morgan fingerprint density at radius 1 is 1.24 bits per heavy atom. The molecular weight excluding hydrogens is 288 g/mol. The van der Waals surface area contributed by atoms with E-state index in [2.05, 4.69) is 5.32 Å². The average Bonchev–Trinajstić information content (AvgIpc) is 2.42. The zero-order chi connectivity index (χ0) is 15.6. The molecule has 0 atom stereocenters. The van der Waals surface area contributed by atoms with Crippen molar-refractivity contribution in [2.45, 2.75) is 13.8 Å². The molecule has 0 saturated carbocycles. The van der Waals surface area contributed by atoms with E-state index >= 15 is 0 Å². The van der Waals surface area contributed by atoms with Crippen molar-refractivity contribution in [2.24, 2.45) is 0 Å². The zero-order valence-corrected chi connectivity index (χ0v) is 12.9. The van der Waals surface area contributed by atoms with Crippen molar-refractivity contribution in [2.75, 3.05) is 18.2 Å². The molecule has 0 aliphatic heterocycles. The summed E-state index contributed by atoms with van der Waals surface area (Å²) in [5.41, 5.74) is 9.24. The summed E-state index contributed by atoms with van der Waals surface area (Å²) < 4.78 is 5.07. The summed E-state index contributed by atoms with van der Waals surface area (Å²) in [6.07, 6.45) is 0. The highest BCUT2D eigenvalue weighted by atomic mass is 35.5. The number of carbonyl (C=O) groups is 1. The Labute approximate surface area is 128 Å². The van der Waals surface area contributed by atoms with Gasteiger partial charge in [-0.1, -0.05) is 17.7 Å². The van der Waals surface area contributed by atoms with Gasteiger partial charge in [-0.15, -0.1) is 0 Å². The molecule has 3 N–H and O–H groups in total. The van der Waals surface area contributed by atoms with Crippen molar-refractivity contribution in [3.63, 3.8) is 0 Å². The summed E-state index contributed by atoms with van der Waals surface area (Å²) >= 11 is 6.19. The van der Waals surface area contributed by atoms with Crippen molar-refractivity contribution in [3.8, 4) is 5.75 Å². The number of nitrogens with one attached hydrogen (secondary N) is 1. The summed E-state index contributed by atoms with van der Waals surface area (Å²) in [4.78, 5) is 12.3. The predicted octanol–water partition coefficient (Wildman–Crippen LogP) is 3.80. The highest BCUT2D eigenvalue weighted by Gasteiger charge is 2.12. The van der Waals surface area contributed by atoms with Crippen LogP contribution in [0.4, 0.5) is 11.4 Å². The van der Waals surface area contributed by atoms with Crippen molar-refractivity contribution in [1.82, 2.24) is 0 Å². The maximum Gasteiger partial charge on any atom is 0.255 e. The van der Waals surface area contributed by atoms with Gasteiger partial charge in [0, 0.05) is 5.56 Å². The first-order valence-corrected chi connectivity index (χ1v) is 6.81. The molecule has 2 aromatic rings. The minimum Gasteiger partial charge on any atom is -0.495 e. The second-order valence-corrected chi connectivity index (χ2v) is 5.26. The Bertz CT molecular complexity index is 676. The number of rotatable bonds is 3. The van der Waals surface area contributed by atoms with Gasteiger partial charge in [0.15, 0.2) is 0 Å². The van der Waals surface area contributed by atoms with Crippen LogP contribution in [-0.2, 0) is 0 Å². The molecular formula is C16H17ClN2O2. The smallest absolute Gasteiger partial charge is 0.255 e. The van der Waals surface area contributed by atoms with Gasteiger partial charge in [-0.25, -0.2) is 0 Å². The number of hydrogen-bond acceptors (Lipinski definition) is 3. The summed E-state index contributed by atoms with van der Waals surface area (Å²) in [5.74, 6) is 0.273. The highest BCUT2D eigenvalue weighted by Crippen LogP contribution is 2.28. The Morgan fingerprint density at radius 3 is 2.52 bits per heavy atom. The zero-order valence-electron chi connectivity index (χ0n) is 12.2.